The molecule has 1 saturated carbocycles. The molecule has 1 aromatic rings. The van der Waals surface area contributed by atoms with E-state index in [1.165, 1.54) is 0 Å². The van der Waals surface area contributed by atoms with Gasteiger partial charge in [-0.1, -0.05) is 12.8 Å². The van der Waals surface area contributed by atoms with Gasteiger partial charge in [-0.25, -0.2) is 9.59 Å². The molecule has 1 aliphatic carbocycles. The van der Waals surface area contributed by atoms with E-state index in [9.17, 15) is 19.5 Å². The number of amides is 1. The van der Waals surface area contributed by atoms with E-state index in [2.05, 4.69) is 5.32 Å². The average Bonchev–Trinajstić information content (AvgIpc) is 3.36. The number of aliphatic carboxylic acids is 1. The molecule has 27 heavy (non-hydrogen) atoms. The summed E-state index contributed by atoms with van der Waals surface area (Å²) in [6.45, 7) is 6.80. The van der Waals surface area contributed by atoms with Gasteiger partial charge >= 0.3 is 12.1 Å². The lowest BCUT2D eigenvalue weighted by Gasteiger charge is -2.21. The fraction of sp³-hybridized carbons (Fsp3) is 0.550. The van der Waals surface area contributed by atoms with Crippen molar-refractivity contribution < 1.29 is 29.0 Å². The summed E-state index contributed by atoms with van der Waals surface area (Å²) in [6.07, 6.45) is 1.04. The van der Waals surface area contributed by atoms with Crippen molar-refractivity contribution in [1.29, 1.82) is 0 Å². The highest BCUT2D eigenvalue weighted by atomic mass is 16.6. The molecule has 0 heterocycles. The molecule has 0 saturated heterocycles. The summed E-state index contributed by atoms with van der Waals surface area (Å²) in [4.78, 5) is 35.5. The second kappa shape index (κ2) is 8.41. The predicted molar refractivity (Wildman–Crippen MR) is 99.0 cm³/mol. The summed E-state index contributed by atoms with van der Waals surface area (Å²) >= 11 is 0. The Bertz CT molecular complexity index is 687. The van der Waals surface area contributed by atoms with E-state index in [1.807, 2.05) is 0 Å². The molecular weight excluding hydrogens is 350 g/mol. The van der Waals surface area contributed by atoms with Crippen LogP contribution in [-0.2, 0) is 9.53 Å². The van der Waals surface area contributed by atoms with Crippen molar-refractivity contribution in [2.24, 2.45) is 5.92 Å². The van der Waals surface area contributed by atoms with Crippen LogP contribution in [0.5, 0.6) is 5.75 Å². The van der Waals surface area contributed by atoms with Crippen LogP contribution in [0.4, 0.5) is 4.79 Å². The normalized spacial score (nSPS) is 16.1. The largest absolute Gasteiger partial charge is 0.479 e. The minimum Gasteiger partial charge on any atom is -0.479 e. The Kier molecular flexibility index (Phi) is 6.46. The monoisotopic (exact) mass is 377 g/mol. The molecule has 0 bridgehead atoms. The number of Topliss-reactive ketones (excluding diaryl/α,β-unsaturated/α-hetero) is 1. The molecule has 0 spiro atoms. The van der Waals surface area contributed by atoms with Crippen LogP contribution in [0.3, 0.4) is 0 Å². The van der Waals surface area contributed by atoms with Crippen molar-refractivity contribution in [3.8, 4) is 5.75 Å². The second-order valence-electron chi connectivity index (χ2n) is 7.88. The van der Waals surface area contributed by atoms with Crippen molar-refractivity contribution in [3.63, 3.8) is 0 Å². The summed E-state index contributed by atoms with van der Waals surface area (Å²) in [7, 11) is 0. The number of nitrogens with one attached hydrogen (secondary N) is 1. The number of hydrogen-bond donors (Lipinski definition) is 2. The van der Waals surface area contributed by atoms with Crippen molar-refractivity contribution in [2.45, 2.75) is 64.7 Å². The maximum Gasteiger partial charge on any atom is 0.408 e. The smallest absolute Gasteiger partial charge is 0.408 e. The van der Waals surface area contributed by atoms with Crippen LogP contribution in [0.25, 0.3) is 0 Å². The van der Waals surface area contributed by atoms with Crippen LogP contribution in [0, 0.1) is 5.92 Å². The van der Waals surface area contributed by atoms with Crippen molar-refractivity contribution in [2.75, 3.05) is 0 Å². The first-order chi connectivity index (χ1) is 12.5. The second-order valence-corrected chi connectivity index (χ2v) is 7.88. The molecule has 1 aliphatic rings. The van der Waals surface area contributed by atoms with Gasteiger partial charge in [0.2, 0.25) is 0 Å². The third-order valence-electron chi connectivity index (χ3n) is 4.06. The van der Waals surface area contributed by atoms with Crippen molar-refractivity contribution in [1.82, 2.24) is 5.32 Å². The number of carboxylic acids is 1. The van der Waals surface area contributed by atoms with Crippen LogP contribution in [0.1, 0.15) is 57.3 Å². The first-order valence-corrected chi connectivity index (χ1v) is 9.08. The average molecular weight is 377 g/mol. The first kappa shape index (κ1) is 20.7. The fourth-order valence-electron chi connectivity index (χ4n) is 2.52. The zero-order valence-electron chi connectivity index (χ0n) is 16.2. The summed E-state index contributed by atoms with van der Waals surface area (Å²) < 4.78 is 10.7. The number of carboxylic acid groups (broad SMARTS) is 1. The van der Waals surface area contributed by atoms with Gasteiger partial charge in [0.05, 0.1) is 6.04 Å². The number of carbonyl (C=O) groups excluding carboxylic acids is 2. The van der Waals surface area contributed by atoms with Gasteiger partial charge < -0.3 is 19.9 Å². The lowest BCUT2D eigenvalue weighted by molar-refractivity contribution is -0.145. The summed E-state index contributed by atoms with van der Waals surface area (Å²) in [5.41, 5.74) is -0.257. The highest BCUT2D eigenvalue weighted by Gasteiger charge is 2.30. The Balaban J connectivity index is 1.93. The topological polar surface area (TPSA) is 102 Å². The molecule has 2 N–H and O–H groups in total. The van der Waals surface area contributed by atoms with E-state index in [0.717, 1.165) is 12.8 Å². The lowest BCUT2D eigenvalue weighted by atomic mass is 10.1. The van der Waals surface area contributed by atoms with Crippen LogP contribution in [0.2, 0.25) is 0 Å². The molecule has 7 heteroatoms. The van der Waals surface area contributed by atoms with Gasteiger partial charge in [-0.05, 0) is 64.3 Å². The van der Waals surface area contributed by atoms with Gasteiger partial charge in [-0.3, -0.25) is 4.79 Å². The number of carbonyl (C=O) groups is 3. The minimum atomic E-state index is -0.989. The van der Waals surface area contributed by atoms with Gasteiger partial charge in [0.1, 0.15) is 11.4 Å². The van der Waals surface area contributed by atoms with E-state index in [0.29, 0.717) is 23.7 Å². The third-order valence-corrected chi connectivity index (χ3v) is 4.06. The highest BCUT2D eigenvalue weighted by molar-refractivity contribution is 6.01. The fourth-order valence-corrected chi connectivity index (χ4v) is 2.52. The van der Waals surface area contributed by atoms with Crippen LogP contribution >= 0.6 is 0 Å². The van der Waals surface area contributed by atoms with E-state index in [-0.39, 0.29) is 5.78 Å². The Morgan fingerprint density at radius 2 is 1.78 bits per heavy atom. The molecule has 1 aromatic carbocycles. The predicted octanol–water partition coefficient (Wildman–Crippen LogP) is 3.41. The third kappa shape index (κ3) is 6.92. The lowest BCUT2D eigenvalue weighted by Crippen LogP contribution is -2.41. The molecule has 2 atom stereocenters. The molecule has 0 aromatic heterocycles. The van der Waals surface area contributed by atoms with Gasteiger partial charge in [0.25, 0.3) is 0 Å². The van der Waals surface area contributed by atoms with E-state index in [1.54, 1.807) is 52.0 Å². The maximum atomic E-state index is 12.4. The molecule has 1 amide bonds. The standard InChI is InChI=1S/C20H27NO6/c1-12(21-19(25)27-20(2,3)4)17(22)14-7-9-15(10-8-14)26-16(18(23)24)11-13-5-6-13/h7-10,12-13,16H,5-6,11H2,1-4H3,(H,21,25)(H,23,24)/t12?,16-/m0/s1. The Labute approximate surface area is 159 Å². The van der Waals surface area contributed by atoms with E-state index < -0.39 is 29.8 Å². The molecular formula is C20H27NO6. The molecule has 0 radical (unpaired) electrons. The molecule has 2 rings (SSSR count). The van der Waals surface area contributed by atoms with E-state index in [4.69, 9.17) is 9.47 Å². The van der Waals surface area contributed by atoms with E-state index >= 15 is 0 Å². The quantitative estimate of drug-likeness (QED) is 0.673. The van der Waals surface area contributed by atoms with Gasteiger partial charge in [-0.15, -0.1) is 0 Å². The first-order valence-electron chi connectivity index (χ1n) is 9.08. The van der Waals surface area contributed by atoms with Gasteiger partial charge in [0.15, 0.2) is 11.9 Å². The van der Waals surface area contributed by atoms with Gasteiger partial charge in [0, 0.05) is 5.56 Å². The SMILES string of the molecule is CC(NC(=O)OC(C)(C)C)C(=O)c1ccc(O[C@@H](CC2CC2)C(=O)O)cc1. The maximum absolute atomic E-state index is 12.4. The molecule has 7 nitrogen and oxygen atoms in total. The van der Waals surface area contributed by atoms with Crippen LogP contribution in [-0.4, -0.2) is 40.7 Å². The Hall–Kier alpha value is -2.57. The number of ether oxygens (including phenoxy) is 2. The van der Waals surface area contributed by atoms with Gasteiger partial charge in [-0.2, -0.15) is 0 Å². The molecule has 0 aliphatic heterocycles. The van der Waals surface area contributed by atoms with Crippen molar-refractivity contribution in [3.05, 3.63) is 29.8 Å². The highest BCUT2D eigenvalue weighted by Crippen LogP contribution is 2.34. The number of alkyl carbamates (subject to hydrolysis) is 1. The summed E-state index contributed by atoms with van der Waals surface area (Å²) in [5, 5.41) is 11.8. The molecule has 148 valence electrons. The van der Waals surface area contributed by atoms with Crippen LogP contribution < -0.4 is 10.1 Å². The summed E-state index contributed by atoms with van der Waals surface area (Å²) in [5.74, 6) is -0.448. The number of ketones is 1. The zero-order chi connectivity index (χ0) is 20.2. The number of benzene rings is 1. The summed E-state index contributed by atoms with van der Waals surface area (Å²) in [6, 6.07) is 5.49. The number of rotatable bonds is 8. The zero-order valence-corrected chi connectivity index (χ0v) is 16.2. The molecule has 1 unspecified atom stereocenters. The van der Waals surface area contributed by atoms with Crippen molar-refractivity contribution >= 4 is 17.8 Å². The Morgan fingerprint density at radius 1 is 1.19 bits per heavy atom. The number of hydrogen-bond acceptors (Lipinski definition) is 5. The molecule has 1 fully saturated rings. The van der Waals surface area contributed by atoms with Crippen LogP contribution in [0.15, 0.2) is 24.3 Å². The minimum absolute atomic E-state index is 0.278. The Morgan fingerprint density at radius 3 is 2.26 bits per heavy atom.